The van der Waals surface area contributed by atoms with Crippen LogP contribution in [0.5, 0.6) is 0 Å². The van der Waals surface area contributed by atoms with Crippen LogP contribution in [0.4, 0.5) is 35.1 Å². The highest BCUT2D eigenvalue weighted by molar-refractivity contribution is 5.41. The van der Waals surface area contributed by atoms with Crippen molar-refractivity contribution < 1.29 is 35.1 Å². The van der Waals surface area contributed by atoms with Crippen LogP contribution in [-0.2, 0) is 5.67 Å². The minimum atomic E-state index is -5.90. The molecule has 1 radical (unpaired) electrons. The Morgan fingerprint density at radius 3 is 2.10 bits per heavy atom. The van der Waals surface area contributed by atoms with E-state index < -0.39 is 47.3 Å². The number of alkyl halides is 6. The second kappa shape index (κ2) is 4.71. The molecule has 2 rings (SSSR count). The Morgan fingerprint density at radius 2 is 1.57 bits per heavy atom. The van der Waals surface area contributed by atoms with Crippen molar-refractivity contribution in [3.63, 3.8) is 0 Å². The molecule has 0 saturated carbocycles. The molecule has 1 aliphatic rings. The van der Waals surface area contributed by atoms with E-state index in [2.05, 4.69) is 0 Å². The summed E-state index contributed by atoms with van der Waals surface area (Å²) in [6, 6.07) is 3.58. The van der Waals surface area contributed by atoms with Crippen LogP contribution in [0.25, 0.3) is 0 Å². The van der Waals surface area contributed by atoms with E-state index in [0.29, 0.717) is 12.1 Å². The molecule has 0 aromatic heterocycles. The summed E-state index contributed by atoms with van der Waals surface area (Å²) < 4.78 is 106. The van der Waals surface area contributed by atoms with Crippen molar-refractivity contribution in [3.05, 3.63) is 54.0 Å². The van der Waals surface area contributed by atoms with Gasteiger partial charge in [0.25, 0.3) is 0 Å². The van der Waals surface area contributed by atoms with Crippen LogP contribution in [0.1, 0.15) is 5.56 Å². The minimum absolute atomic E-state index is 0.209. The molecule has 0 saturated heterocycles. The van der Waals surface area contributed by atoms with Gasteiger partial charge >= 0.3 is 6.18 Å². The van der Waals surface area contributed by atoms with Crippen LogP contribution in [-0.4, -0.2) is 18.0 Å². The highest BCUT2D eigenvalue weighted by atomic mass is 19.4. The van der Waals surface area contributed by atoms with Gasteiger partial charge in [0, 0.05) is 5.56 Å². The smallest absolute Gasteiger partial charge is 0.236 e. The van der Waals surface area contributed by atoms with Crippen molar-refractivity contribution in [1.29, 1.82) is 0 Å². The topological polar surface area (TPSA) is 0 Å². The normalized spacial score (nSPS) is 33.7. The number of hydrogen-bond acceptors (Lipinski definition) is 0. The maximum atomic E-state index is 14.5. The van der Waals surface area contributed by atoms with Crippen molar-refractivity contribution in [1.82, 2.24) is 0 Å². The van der Waals surface area contributed by atoms with Gasteiger partial charge in [0.2, 0.25) is 5.67 Å². The molecule has 115 valence electrons. The number of halogens is 8. The zero-order valence-corrected chi connectivity index (χ0v) is 10.1. The van der Waals surface area contributed by atoms with Crippen LogP contribution in [0.15, 0.2) is 36.2 Å². The van der Waals surface area contributed by atoms with Crippen LogP contribution in [0.3, 0.4) is 0 Å². The number of benzene rings is 1. The summed E-state index contributed by atoms with van der Waals surface area (Å²) in [6.07, 6.45) is -10.6. The van der Waals surface area contributed by atoms with Crippen molar-refractivity contribution in [2.75, 3.05) is 0 Å². The van der Waals surface area contributed by atoms with Gasteiger partial charge in [-0.2, -0.15) is 13.2 Å². The van der Waals surface area contributed by atoms with Gasteiger partial charge in [-0.25, -0.2) is 22.0 Å². The molecule has 1 aliphatic carbocycles. The molecule has 0 spiro atoms. The third kappa shape index (κ3) is 2.40. The molecule has 8 heteroatoms. The number of rotatable bonds is 1. The van der Waals surface area contributed by atoms with E-state index in [1.807, 2.05) is 0 Å². The summed E-state index contributed by atoms with van der Waals surface area (Å²) in [7, 11) is 0. The minimum Gasteiger partial charge on any atom is -0.236 e. The molecule has 21 heavy (non-hydrogen) atoms. The highest BCUT2D eigenvalue weighted by Crippen LogP contribution is 2.53. The SMILES string of the molecule is FC1=CC(F)(c2ccccc2F)[CH]C(F)(C(F)(F)F)C1F. The Kier molecular flexibility index (Phi) is 3.54. The molecular formula is C13H7F8. The van der Waals surface area contributed by atoms with Crippen LogP contribution < -0.4 is 0 Å². The number of hydrogen-bond donors (Lipinski definition) is 0. The van der Waals surface area contributed by atoms with Crippen LogP contribution in [0, 0.1) is 12.2 Å². The van der Waals surface area contributed by atoms with Crippen molar-refractivity contribution in [2.24, 2.45) is 0 Å². The van der Waals surface area contributed by atoms with E-state index in [0.717, 1.165) is 12.1 Å². The number of allylic oxidation sites excluding steroid dienone is 2. The summed E-state index contributed by atoms with van der Waals surface area (Å²) in [5.74, 6) is -3.61. The molecule has 0 N–H and O–H groups in total. The fourth-order valence-electron chi connectivity index (χ4n) is 2.05. The average molecular weight is 315 g/mol. The predicted octanol–water partition coefficient (Wildman–Crippen LogP) is 4.67. The Bertz CT molecular complexity index is 578. The van der Waals surface area contributed by atoms with Gasteiger partial charge in [0.1, 0.15) is 11.6 Å². The molecule has 3 atom stereocenters. The Labute approximate surface area is 114 Å². The lowest BCUT2D eigenvalue weighted by molar-refractivity contribution is -0.241. The molecule has 1 aromatic rings. The molecule has 0 amide bonds. The van der Waals surface area contributed by atoms with Crippen molar-refractivity contribution in [2.45, 2.75) is 23.7 Å². The average Bonchev–Trinajstić information content (AvgIpc) is 2.35. The largest absolute Gasteiger partial charge is 0.426 e. The van der Waals surface area contributed by atoms with Gasteiger partial charge in [0.15, 0.2) is 11.8 Å². The Hall–Kier alpha value is -1.60. The lowest BCUT2D eigenvalue weighted by atomic mass is 9.76. The van der Waals surface area contributed by atoms with Crippen molar-refractivity contribution >= 4 is 0 Å². The Balaban J connectivity index is 2.60. The second-order valence-electron chi connectivity index (χ2n) is 4.55. The van der Waals surface area contributed by atoms with Gasteiger partial charge in [-0.05, 0) is 12.1 Å². The molecule has 0 aliphatic heterocycles. The molecule has 1 aromatic carbocycles. The first-order chi connectivity index (χ1) is 9.51. The maximum Gasteiger partial charge on any atom is 0.426 e. The summed E-state index contributed by atoms with van der Waals surface area (Å²) in [6.45, 7) is 0. The standard InChI is InChI=1S/C13H7F8/c14-8-4-2-1-3-7(8)11(17)5-9(15)10(16)12(18,6-11)13(19,20)21/h1-6,10H. The predicted molar refractivity (Wildman–Crippen MR) is 57.5 cm³/mol. The van der Waals surface area contributed by atoms with E-state index in [4.69, 9.17) is 0 Å². The molecule has 0 heterocycles. The first kappa shape index (κ1) is 15.8. The zero-order chi connectivity index (χ0) is 16.1. The van der Waals surface area contributed by atoms with E-state index in [-0.39, 0.29) is 6.08 Å². The molecule has 0 nitrogen and oxygen atoms in total. The summed E-state index contributed by atoms with van der Waals surface area (Å²) in [5, 5.41) is 0. The van der Waals surface area contributed by atoms with Gasteiger partial charge in [-0.1, -0.05) is 18.2 Å². The van der Waals surface area contributed by atoms with E-state index in [9.17, 15) is 35.1 Å². The Morgan fingerprint density at radius 1 is 1.00 bits per heavy atom. The van der Waals surface area contributed by atoms with Gasteiger partial charge in [-0.15, -0.1) is 0 Å². The monoisotopic (exact) mass is 315 g/mol. The van der Waals surface area contributed by atoms with Crippen LogP contribution >= 0.6 is 0 Å². The quantitative estimate of drug-likeness (QED) is 0.661. The molecule has 0 bridgehead atoms. The van der Waals surface area contributed by atoms with E-state index >= 15 is 0 Å². The van der Waals surface area contributed by atoms with Gasteiger partial charge < -0.3 is 0 Å². The third-order valence-electron chi connectivity index (χ3n) is 3.10. The fourth-order valence-corrected chi connectivity index (χ4v) is 2.05. The fraction of sp³-hybridized carbons (Fsp3) is 0.308. The summed E-state index contributed by atoms with van der Waals surface area (Å²) in [4.78, 5) is 0. The third-order valence-corrected chi connectivity index (χ3v) is 3.10. The van der Waals surface area contributed by atoms with Gasteiger partial charge in [-0.3, -0.25) is 0 Å². The van der Waals surface area contributed by atoms with Crippen LogP contribution in [0.2, 0.25) is 0 Å². The molecule has 0 fully saturated rings. The summed E-state index contributed by atoms with van der Waals surface area (Å²) in [5.41, 5.74) is -9.51. The van der Waals surface area contributed by atoms with Gasteiger partial charge in [0.05, 0.1) is 6.42 Å². The highest BCUT2D eigenvalue weighted by Gasteiger charge is 2.68. The van der Waals surface area contributed by atoms with Crippen molar-refractivity contribution in [3.8, 4) is 0 Å². The maximum absolute atomic E-state index is 14.5. The zero-order valence-electron chi connectivity index (χ0n) is 10.1. The lowest BCUT2D eigenvalue weighted by Gasteiger charge is -2.38. The first-order valence-corrected chi connectivity index (χ1v) is 5.60. The molecule has 3 unspecified atom stereocenters. The van der Waals surface area contributed by atoms with E-state index in [1.54, 1.807) is 0 Å². The van der Waals surface area contributed by atoms with E-state index in [1.165, 1.54) is 0 Å². The molecular weight excluding hydrogens is 308 g/mol. The summed E-state index contributed by atoms with van der Waals surface area (Å²) >= 11 is 0. The lowest BCUT2D eigenvalue weighted by Crippen LogP contribution is -2.55. The second-order valence-corrected chi connectivity index (χ2v) is 4.55. The first-order valence-electron chi connectivity index (χ1n) is 5.60.